The summed E-state index contributed by atoms with van der Waals surface area (Å²) in [5.41, 5.74) is 3.54. The summed E-state index contributed by atoms with van der Waals surface area (Å²) in [5.74, 6) is 2.42. The minimum atomic E-state index is 0.747. The Hall–Kier alpha value is -2.20. The molecule has 4 nitrogen and oxygen atoms in total. The molecule has 22 heavy (non-hydrogen) atoms. The summed E-state index contributed by atoms with van der Waals surface area (Å²) < 4.78 is 15.8. The van der Waals surface area contributed by atoms with Crippen LogP contribution in [-0.4, -0.2) is 21.3 Å². The van der Waals surface area contributed by atoms with Crippen molar-refractivity contribution >= 4 is 0 Å². The summed E-state index contributed by atoms with van der Waals surface area (Å²) in [6.07, 6.45) is 0. The average Bonchev–Trinajstić information content (AvgIpc) is 2.55. The Morgan fingerprint density at radius 3 is 1.82 bits per heavy atom. The van der Waals surface area contributed by atoms with Gasteiger partial charge >= 0.3 is 0 Å². The van der Waals surface area contributed by atoms with E-state index < -0.39 is 0 Å². The van der Waals surface area contributed by atoms with Gasteiger partial charge in [0.15, 0.2) is 11.5 Å². The lowest BCUT2D eigenvalue weighted by Gasteiger charge is -2.11. The molecule has 2 rings (SSSR count). The zero-order valence-electron chi connectivity index (χ0n) is 13.6. The van der Waals surface area contributed by atoms with E-state index in [9.17, 15) is 0 Å². The van der Waals surface area contributed by atoms with Crippen LogP contribution in [0.25, 0.3) is 0 Å². The van der Waals surface area contributed by atoms with Crippen LogP contribution in [-0.2, 0) is 13.1 Å². The maximum Gasteiger partial charge on any atom is 0.161 e. The first-order valence-electron chi connectivity index (χ1n) is 7.23. The van der Waals surface area contributed by atoms with Gasteiger partial charge in [-0.1, -0.05) is 18.2 Å². The third-order valence-corrected chi connectivity index (χ3v) is 3.57. The maximum absolute atomic E-state index is 5.32. The Balaban J connectivity index is 1.95. The van der Waals surface area contributed by atoms with E-state index in [1.807, 2.05) is 24.3 Å². The summed E-state index contributed by atoms with van der Waals surface area (Å²) in [5, 5.41) is 3.43. The summed E-state index contributed by atoms with van der Waals surface area (Å²) in [6, 6.07) is 12.2. The number of benzene rings is 2. The minimum absolute atomic E-state index is 0.747. The summed E-state index contributed by atoms with van der Waals surface area (Å²) in [4.78, 5) is 0. The summed E-state index contributed by atoms with van der Waals surface area (Å²) in [7, 11) is 4.98. The second kappa shape index (κ2) is 7.71. The highest BCUT2D eigenvalue weighted by molar-refractivity contribution is 5.43. The Morgan fingerprint density at radius 1 is 0.727 bits per heavy atom. The average molecular weight is 301 g/mol. The van der Waals surface area contributed by atoms with E-state index in [4.69, 9.17) is 14.2 Å². The molecule has 0 aliphatic carbocycles. The molecule has 0 saturated heterocycles. The topological polar surface area (TPSA) is 39.7 Å². The first-order chi connectivity index (χ1) is 10.7. The third kappa shape index (κ3) is 3.92. The second-order valence-corrected chi connectivity index (χ2v) is 5.10. The van der Waals surface area contributed by atoms with Crippen LogP contribution in [0.4, 0.5) is 0 Å². The largest absolute Gasteiger partial charge is 0.496 e. The normalized spacial score (nSPS) is 10.4. The van der Waals surface area contributed by atoms with Gasteiger partial charge in [-0.2, -0.15) is 0 Å². The van der Waals surface area contributed by atoms with Crippen LogP contribution in [0, 0.1) is 6.92 Å². The number of nitrogens with one attached hydrogen (secondary N) is 1. The quantitative estimate of drug-likeness (QED) is 0.851. The highest BCUT2D eigenvalue weighted by Crippen LogP contribution is 2.27. The predicted octanol–water partition coefficient (Wildman–Crippen LogP) is 3.31. The molecule has 0 amide bonds. The summed E-state index contributed by atoms with van der Waals surface area (Å²) in [6.45, 7) is 3.63. The third-order valence-electron chi connectivity index (χ3n) is 3.57. The van der Waals surface area contributed by atoms with Crippen molar-refractivity contribution in [1.82, 2.24) is 5.32 Å². The number of hydrogen-bond acceptors (Lipinski definition) is 4. The first kappa shape index (κ1) is 16.2. The highest BCUT2D eigenvalue weighted by atomic mass is 16.5. The van der Waals surface area contributed by atoms with Gasteiger partial charge in [0, 0.05) is 13.1 Å². The van der Waals surface area contributed by atoms with E-state index in [-0.39, 0.29) is 0 Å². The molecular formula is C18H23NO3. The van der Waals surface area contributed by atoms with Crippen molar-refractivity contribution in [3.63, 3.8) is 0 Å². The van der Waals surface area contributed by atoms with E-state index in [1.165, 1.54) is 5.56 Å². The number of hydrogen-bond donors (Lipinski definition) is 1. The molecule has 0 saturated carbocycles. The van der Waals surface area contributed by atoms with Crippen molar-refractivity contribution in [2.45, 2.75) is 20.0 Å². The molecule has 2 aromatic rings. The van der Waals surface area contributed by atoms with Crippen LogP contribution < -0.4 is 19.5 Å². The van der Waals surface area contributed by atoms with Gasteiger partial charge < -0.3 is 19.5 Å². The minimum Gasteiger partial charge on any atom is -0.496 e. The van der Waals surface area contributed by atoms with E-state index in [1.54, 1.807) is 21.3 Å². The van der Waals surface area contributed by atoms with E-state index in [0.29, 0.717) is 0 Å². The molecule has 1 N–H and O–H groups in total. The number of ether oxygens (including phenoxy) is 3. The lowest BCUT2D eigenvalue weighted by molar-refractivity contribution is 0.354. The van der Waals surface area contributed by atoms with Gasteiger partial charge in [-0.25, -0.2) is 0 Å². The van der Waals surface area contributed by atoms with Gasteiger partial charge in [0.25, 0.3) is 0 Å². The molecule has 0 aromatic heterocycles. The van der Waals surface area contributed by atoms with E-state index in [0.717, 1.165) is 41.5 Å². The van der Waals surface area contributed by atoms with Crippen LogP contribution in [0.5, 0.6) is 17.2 Å². The van der Waals surface area contributed by atoms with Crippen molar-refractivity contribution in [3.05, 3.63) is 53.1 Å². The van der Waals surface area contributed by atoms with Gasteiger partial charge in [-0.15, -0.1) is 0 Å². The molecule has 0 aliphatic rings. The molecule has 0 bridgehead atoms. The van der Waals surface area contributed by atoms with Crippen molar-refractivity contribution in [2.24, 2.45) is 0 Å². The van der Waals surface area contributed by atoms with Crippen LogP contribution in [0.2, 0.25) is 0 Å². The van der Waals surface area contributed by atoms with Crippen LogP contribution in [0.3, 0.4) is 0 Å². The Labute approximate surface area is 132 Å². The molecule has 2 aromatic carbocycles. The standard InChI is InChI=1S/C18H23NO3/c1-13-9-14(5-7-16(13)20-2)11-19-12-15-6-8-17(21-3)18(10-15)22-4/h5-10,19H,11-12H2,1-4H3. The van der Waals surface area contributed by atoms with Crippen molar-refractivity contribution < 1.29 is 14.2 Å². The molecule has 4 heteroatoms. The van der Waals surface area contributed by atoms with Crippen LogP contribution in [0.15, 0.2) is 36.4 Å². The van der Waals surface area contributed by atoms with Gasteiger partial charge in [0.2, 0.25) is 0 Å². The Bertz CT molecular complexity index is 626. The maximum atomic E-state index is 5.32. The summed E-state index contributed by atoms with van der Waals surface area (Å²) >= 11 is 0. The molecular weight excluding hydrogens is 278 g/mol. The lowest BCUT2D eigenvalue weighted by Crippen LogP contribution is -2.13. The molecule has 0 aliphatic heterocycles. The fraction of sp³-hybridized carbons (Fsp3) is 0.333. The SMILES string of the molecule is COc1ccc(CNCc2ccc(OC)c(OC)c2)cc1C. The Kier molecular flexibility index (Phi) is 5.67. The van der Waals surface area contributed by atoms with Crippen LogP contribution >= 0.6 is 0 Å². The predicted molar refractivity (Wildman–Crippen MR) is 87.8 cm³/mol. The van der Waals surface area contributed by atoms with Gasteiger partial charge in [-0.05, 0) is 41.8 Å². The molecule has 0 fully saturated rings. The van der Waals surface area contributed by atoms with E-state index >= 15 is 0 Å². The van der Waals surface area contributed by atoms with Gasteiger partial charge in [0.1, 0.15) is 5.75 Å². The molecule has 0 radical (unpaired) electrons. The number of methoxy groups -OCH3 is 3. The molecule has 118 valence electrons. The zero-order chi connectivity index (χ0) is 15.9. The zero-order valence-corrected chi connectivity index (χ0v) is 13.6. The van der Waals surface area contributed by atoms with Crippen LogP contribution in [0.1, 0.15) is 16.7 Å². The highest BCUT2D eigenvalue weighted by Gasteiger charge is 2.05. The molecule has 0 heterocycles. The molecule has 0 unspecified atom stereocenters. The van der Waals surface area contributed by atoms with Crippen molar-refractivity contribution in [1.29, 1.82) is 0 Å². The molecule has 0 spiro atoms. The van der Waals surface area contributed by atoms with E-state index in [2.05, 4.69) is 24.4 Å². The number of rotatable bonds is 7. The fourth-order valence-corrected chi connectivity index (χ4v) is 2.39. The lowest BCUT2D eigenvalue weighted by atomic mass is 10.1. The molecule has 0 atom stereocenters. The smallest absolute Gasteiger partial charge is 0.161 e. The van der Waals surface area contributed by atoms with Crippen molar-refractivity contribution in [3.8, 4) is 17.2 Å². The second-order valence-electron chi connectivity index (χ2n) is 5.10. The first-order valence-corrected chi connectivity index (χ1v) is 7.23. The van der Waals surface area contributed by atoms with Gasteiger partial charge in [-0.3, -0.25) is 0 Å². The fourth-order valence-electron chi connectivity index (χ4n) is 2.39. The Morgan fingerprint density at radius 2 is 1.27 bits per heavy atom. The number of aryl methyl sites for hydroxylation is 1. The van der Waals surface area contributed by atoms with Crippen molar-refractivity contribution in [2.75, 3.05) is 21.3 Å². The monoisotopic (exact) mass is 301 g/mol. The van der Waals surface area contributed by atoms with Gasteiger partial charge in [0.05, 0.1) is 21.3 Å².